The molecule has 0 spiro atoms. The minimum Gasteiger partial charge on any atom is -0.373 e. The molecule has 1 aliphatic rings. The van der Waals surface area contributed by atoms with Crippen molar-refractivity contribution in [1.82, 2.24) is 9.97 Å². The van der Waals surface area contributed by atoms with Crippen molar-refractivity contribution in [2.24, 2.45) is 0 Å². The van der Waals surface area contributed by atoms with Gasteiger partial charge in [0.25, 0.3) is 0 Å². The first-order valence-electron chi connectivity index (χ1n) is 7.73. The van der Waals surface area contributed by atoms with Gasteiger partial charge in [-0.3, -0.25) is 0 Å². The van der Waals surface area contributed by atoms with Gasteiger partial charge in [-0.1, -0.05) is 27.2 Å². The summed E-state index contributed by atoms with van der Waals surface area (Å²) < 4.78 is 0. The normalized spacial score (nSPS) is 22.4. The Morgan fingerprint density at radius 3 is 2.38 bits per heavy atom. The number of aromatic nitrogens is 2. The van der Waals surface area contributed by atoms with Gasteiger partial charge in [-0.25, -0.2) is 9.97 Å². The van der Waals surface area contributed by atoms with Crippen LogP contribution in [0.2, 0.25) is 0 Å². The van der Waals surface area contributed by atoms with Crippen molar-refractivity contribution < 1.29 is 0 Å². The first-order valence-corrected chi connectivity index (χ1v) is 9.01. The largest absolute Gasteiger partial charge is 0.373 e. The Morgan fingerprint density at radius 2 is 1.81 bits per heavy atom. The van der Waals surface area contributed by atoms with Crippen molar-refractivity contribution in [1.29, 1.82) is 0 Å². The number of nitrogens with zero attached hydrogens (tertiary/aromatic N) is 2. The molecule has 2 atom stereocenters. The summed E-state index contributed by atoms with van der Waals surface area (Å²) in [4.78, 5) is 9.48. The third kappa shape index (κ3) is 3.62. The zero-order valence-electron chi connectivity index (χ0n) is 14.1. The van der Waals surface area contributed by atoms with E-state index in [2.05, 4.69) is 49.6 Å². The maximum Gasteiger partial charge on any atom is 0.138 e. The van der Waals surface area contributed by atoms with E-state index in [1.54, 1.807) is 0 Å². The van der Waals surface area contributed by atoms with Crippen LogP contribution in [0.15, 0.2) is 0 Å². The van der Waals surface area contributed by atoms with Gasteiger partial charge < -0.3 is 10.6 Å². The van der Waals surface area contributed by atoms with E-state index in [0.29, 0.717) is 11.3 Å². The van der Waals surface area contributed by atoms with Crippen LogP contribution in [0.1, 0.15) is 51.4 Å². The van der Waals surface area contributed by atoms with Crippen LogP contribution in [-0.2, 0) is 5.41 Å². The lowest BCUT2D eigenvalue weighted by molar-refractivity contribution is 0.545. The van der Waals surface area contributed by atoms with Crippen LogP contribution in [0.3, 0.4) is 0 Å². The minimum absolute atomic E-state index is 0.0513. The van der Waals surface area contributed by atoms with Gasteiger partial charge in [0.1, 0.15) is 17.5 Å². The first kappa shape index (κ1) is 16.4. The van der Waals surface area contributed by atoms with Gasteiger partial charge in [0.2, 0.25) is 0 Å². The van der Waals surface area contributed by atoms with E-state index in [1.807, 2.05) is 18.8 Å². The molecule has 0 bridgehead atoms. The monoisotopic (exact) mass is 308 g/mol. The molecule has 1 saturated carbocycles. The molecule has 4 nitrogen and oxygen atoms in total. The summed E-state index contributed by atoms with van der Waals surface area (Å²) in [6.07, 6.45) is 6.04. The number of hydrogen-bond acceptors (Lipinski definition) is 5. The van der Waals surface area contributed by atoms with Crippen molar-refractivity contribution in [2.75, 3.05) is 23.9 Å². The lowest BCUT2D eigenvalue weighted by Gasteiger charge is -2.24. The third-order valence-corrected chi connectivity index (χ3v) is 5.30. The third-order valence-electron chi connectivity index (χ3n) is 4.13. The van der Waals surface area contributed by atoms with E-state index >= 15 is 0 Å². The van der Waals surface area contributed by atoms with Crippen LogP contribution in [0.5, 0.6) is 0 Å². The highest BCUT2D eigenvalue weighted by Crippen LogP contribution is 2.33. The summed E-state index contributed by atoms with van der Waals surface area (Å²) in [7, 11) is 1.92. The molecule has 0 aliphatic heterocycles. The Bertz CT molecular complexity index is 496. The van der Waals surface area contributed by atoms with Gasteiger partial charge in [0.15, 0.2) is 0 Å². The van der Waals surface area contributed by atoms with E-state index in [9.17, 15) is 0 Å². The fourth-order valence-electron chi connectivity index (χ4n) is 2.78. The molecule has 0 radical (unpaired) electrons. The summed E-state index contributed by atoms with van der Waals surface area (Å²) in [5.74, 6) is 2.81. The topological polar surface area (TPSA) is 49.8 Å². The lowest BCUT2D eigenvalue weighted by atomic mass is 9.95. The molecule has 1 heterocycles. The molecule has 1 aromatic rings. The average molecular weight is 308 g/mol. The van der Waals surface area contributed by atoms with Crippen LogP contribution >= 0.6 is 11.8 Å². The van der Waals surface area contributed by atoms with E-state index in [-0.39, 0.29) is 5.41 Å². The zero-order valence-corrected chi connectivity index (χ0v) is 14.9. The minimum atomic E-state index is -0.0513. The number of nitrogens with one attached hydrogen (secondary N) is 2. The highest BCUT2D eigenvalue weighted by molar-refractivity contribution is 7.99. The molecule has 21 heavy (non-hydrogen) atoms. The van der Waals surface area contributed by atoms with E-state index < -0.39 is 0 Å². The standard InChI is InChI=1S/C16H28N4S/c1-10-13(17-5)19-15(16(2,3)4)20-14(10)18-11-8-7-9-12(11)21-6/h11-12H,7-9H2,1-6H3,(H2,17,18,19,20). The summed E-state index contributed by atoms with van der Waals surface area (Å²) in [5, 5.41) is 7.58. The van der Waals surface area contributed by atoms with Crippen molar-refractivity contribution in [3.63, 3.8) is 0 Å². The van der Waals surface area contributed by atoms with Crippen LogP contribution in [0.4, 0.5) is 11.6 Å². The zero-order chi connectivity index (χ0) is 15.6. The van der Waals surface area contributed by atoms with Crippen LogP contribution in [0.25, 0.3) is 0 Å². The lowest BCUT2D eigenvalue weighted by Crippen LogP contribution is -2.28. The fraction of sp³-hybridized carbons (Fsp3) is 0.750. The van der Waals surface area contributed by atoms with Crippen LogP contribution < -0.4 is 10.6 Å². The van der Waals surface area contributed by atoms with Crippen molar-refractivity contribution in [3.05, 3.63) is 11.4 Å². The summed E-state index contributed by atoms with van der Waals surface area (Å²) in [5.41, 5.74) is 1.06. The smallest absolute Gasteiger partial charge is 0.138 e. The van der Waals surface area contributed by atoms with Crippen molar-refractivity contribution in [3.8, 4) is 0 Å². The number of rotatable bonds is 4. The van der Waals surface area contributed by atoms with Gasteiger partial charge in [-0.05, 0) is 26.0 Å². The molecule has 1 aromatic heterocycles. The second-order valence-corrected chi connectivity index (χ2v) is 7.90. The average Bonchev–Trinajstić information content (AvgIpc) is 2.87. The Morgan fingerprint density at radius 1 is 1.14 bits per heavy atom. The second-order valence-electron chi connectivity index (χ2n) is 6.83. The Kier molecular flexibility index (Phi) is 5.02. The second kappa shape index (κ2) is 6.42. The Hall–Kier alpha value is -0.970. The highest BCUT2D eigenvalue weighted by Gasteiger charge is 2.28. The van der Waals surface area contributed by atoms with Gasteiger partial charge >= 0.3 is 0 Å². The molecule has 0 amide bonds. The van der Waals surface area contributed by atoms with Gasteiger partial charge in [-0.2, -0.15) is 11.8 Å². The summed E-state index contributed by atoms with van der Waals surface area (Å²) >= 11 is 1.96. The molecule has 5 heteroatoms. The van der Waals surface area contributed by atoms with E-state index in [4.69, 9.17) is 4.98 Å². The van der Waals surface area contributed by atoms with Crippen molar-refractivity contribution in [2.45, 2.75) is 63.7 Å². The summed E-state index contributed by atoms with van der Waals surface area (Å²) in [6.45, 7) is 8.55. The predicted octanol–water partition coefficient (Wildman–Crippen LogP) is 3.82. The van der Waals surface area contributed by atoms with Gasteiger partial charge in [0, 0.05) is 29.3 Å². The van der Waals surface area contributed by atoms with Gasteiger partial charge in [-0.15, -0.1) is 0 Å². The predicted molar refractivity (Wildman–Crippen MR) is 93.6 cm³/mol. The first-order chi connectivity index (χ1) is 9.86. The van der Waals surface area contributed by atoms with E-state index in [1.165, 1.54) is 19.3 Å². The molecule has 0 saturated heterocycles. The molecular weight excluding hydrogens is 280 g/mol. The van der Waals surface area contributed by atoms with Crippen molar-refractivity contribution >= 4 is 23.4 Å². The molecule has 1 fully saturated rings. The maximum atomic E-state index is 4.81. The molecule has 2 N–H and O–H groups in total. The van der Waals surface area contributed by atoms with Gasteiger partial charge in [0.05, 0.1) is 0 Å². The Balaban J connectivity index is 2.33. The molecular formula is C16H28N4S. The SMILES string of the molecule is CNc1nc(C(C)(C)C)nc(NC2CCCC2SC)c1C. The molecule has 0 aromatic carbocycles. The molecule has 2 unspecified atom stereocenters. The molecule has 118 valence electrons. The number of thioether (sulfide) groups is 1. The Labute approximate surface area is 132 Å². The van der Waals surface area contributed by atoms with E-state index in [0.717, 1.165) is 23.0 Å². The highest BCUT2D eigenvalue weighted by atomic mass is 32.2. The number of hydrogen-bond donors (Lipinski definition) is 2. The number of anilines is 2. The molecule has 1 aliphatic carbocycles. The molecule has 2 rings (SSSR count). The fourth-order valence-corrected chi connectivity index (χ4v) is 3.72. The van der Waals surface area contributed by atoms with Crippen LogP contribution in [-0.4, -0.2) is 34.6 Å². The maximum absolute atomic E-state index is 4.81. The quantitative estimate of drug-likeness (QED) is 0.885. The van der Waals surface area contributed by atoms with Crippen LogP contribution in [0, 0.1) is 6.92 Å². The summed E-state index contributed by atoms with van der Waals surface area (Å²) in [6, 6.07) is 0.520.